The number of rotatable bonds is 4. The summed E-state index contributed by atoms with van der Waals surface area (Å²) in [7, 11) is 0. The van der Waals surface area contributed by atoms with Crippen LogP contribution in [0.3, 0.4) is 0 Å². The molecule has 0 saturated carbocycles. The van der Waals surface area contributed by atoms with Crippen molar-refractivity contribution in [1.29, 1.82) is 0 Å². The van der Waals surface area contributed by atoms with Crippen molar-refractivity contribution in [2.24, 2.45) is 11.8 Å². The number of carbonyl (C=O) groups excluding carboxylic acids is 1. The van der Waals surface area contributed by atoms with Crippen LogP contribution in [0.25, 0.3) is 0 Å². The highest BCUT2D eigenvalue weighted by Gasteiger charge is 2.32. The van der Waals surface area contributed by atoms with Crippen molar-refractivity contribution >= 4 is 43.1 Å². The van der Waals surface area contributed by atoms with Gasteiger partial charge in [-0.15, -0.1) is 37.2 Å². The molecule has 1 aromatic heterocycles. The molecule has 24 heavy (non-hydrogen) atoms. The molecule has 0 radical (unpaired) electrons. The molecule has 0 aliphatic carbocycles. The Balaban J connectivity index is 0.00000176. The van der Waals surface area contributed by atoms with Gasteiger partial charge in [-0.2, -0.15) is 0 Å². The second kappa shape index (κ2) is 11.1. The maximum Gasteiger partial charge on any atom is 0.225 e. The minimum Gasteiger partial charge on any atom is -0.340 e. The van der Waals surface area contributed by atoms with Crippen LogP contribution in [0.5, 0.6) is 0 Å². The van der Waals surface area contributed by atoms with E-state index in [1.165, 1.54) is 0 Å². The Kier molecular flexibility index (Phi) is 10.8. The van der Waals surface area contributed by atoms with Crippen LogP contribution < -0.4 is 5.32 Å². The summed E-state index contributed by atoms with van der Waals surface area (Å²) in [5, 5.41) is 3.25. The lowest BCUT2D eigenvalue weighted by Crippen LogP contribution is -2.54. The summed E-state index contributed by atoms with van der Waals surface area (Å²) >= 11 is 0. The number of halogens is 3. The Labute approximate surface area is 162 Å². The molecule has 1 atom stereocenters. The van der Waals surface area contributed by atoms with Gasteiger partial charge in [-0.3, -0.25) is 14.7 Å². The van der Waals surface area contributed by atoms with E-state index in [1.54, 1.807) is 0 Å². The number of amides is 1. The van der Waals surface area contributed by atoms with E-state index in [9.17, 15) is 4.79 Å². The van der Waals surface area contributed by atoms with Gasteiger partial charge >= 0.3 is 0 Å². The number of piperazine rings is 1. The third kappa shape index (κ3) is 5.74. The summed E-state index contributed by atoms with van der Waals surface area (Å²) < 4.78 is 0. The second-order valence-corrected chi connectivity index (χ2v) is 6.13. The Morgan fingerprint density at radius 1 is 1.21 bits per heavy atom. The van der Waals surface area contributed by atoms with Crippen LogP contribution in [0.15, 0.2) is 24.4 Å². The van der Waals surface area contributed by atoms with Crippen molar-refractivity contribution in [3.05, 3.63) is 30.1 Å². The van der Waals surface area contributed by atoms with Crippen molar-refractivity contribution in [2.45, 2.75) is 13.5 Å². The molecule has 5 nitrogen and oxygen atoms in total. The monoisotopic (exact) mass is 396 g/mol. The van der Waals surface area contributed by atoms with E-state index in [1.807, 2.05) is 23.2 Å². The van der Waals surface area contributed by atoms with E-state index in [0.29, 0.717) is 11.8 Å². The molecule has 0 bridgehead atoms. The molecule has 8 heteroatoms. The average Bonchev–Trinajstić information content (AvgIpc) is 2.46. The van der Waals surface area contributed by atoms with Crippen molar-refractivity contribution < 1.29 is 4.79 Å². The van der Waals surface area contributed by atoms with Crippen LogP contribution in [0, 0.1) is 11.8 Å². The number of hydrogen-bond acceptors (Lipinski definition) is 4. The third-order valence-corrected chi connectivity index (χ3v) is 4.71. The summed E-state index contributed by atoms with van der Waals surface area (Å²) in [4.78, 5) is 21.2. The molecule has 1 amide bonds. The highest BCUT2D eigenvalue weighted by atomic mass is 35.5. The molecule has 3 rings (SSSR count). The Hall–Kier alpha value is -0.590. The normalized spacial score (nSPS) is 19.1. The van der Waals surface area contributed by atoms with Gasteiger partial charge in [0.15, 0.2) is 0 Å². The van der Waals surface area contributed by atoms with Gasteiger partial charge in [0.25, 0.3) is 0 Å². The molecule has 2 saturated heterocycles. The SMILES string of the molecule is CC(C(=O)N1CCN(Cc2ccccn2)CC1)C1CNC1.Cl.Cl.Cl. The molecule has 1 N–H and O–H groups in total. The summed E-state index contributed by atoms with van der Waals surface area (Å²) in [5.41, 5.74) is 1.10. The fraction of sp³-hybridized carbons (Fsp3) is 0.625. The van der Waals surface area contributed by atoms with E-state index < -0.39 is 0 Å². The Morgan fingerprint density at radius 3 is 2.38 bits per heavy atom. The predicted molar refractivity (Wildman–Crippen MR) is 103 cm³/mol. The maximum atomic E-state index is 12.5. The van der Waals surface area contributed by atoms with Crippen LogP contribution in [0.2, 0.25) is 0 Å². The van der Waals surface area contributed by atoms with Crippen molar-refractivity contribution in [1.82, 2.24) is 20.1 Å². The van der Waals surface area contributed by atoms with Gasteiger partial charge in [-0.25, -0.2) is 0 Å². The van der Waals surface area contributed by atoms with Crippen molar-refractivity contribution in [3.8, 4) is 0 Å². The minimum atomic E-state index is 0. The number of pyridine rings is 1. The molecular weight excluding hydrogens is 371 g/mol. The first-order chi connectivity index (χ1) is 10.2. The van der Waals surface area contributed by atoms with Crippen LogP contribution in [-0.2, 0) is 11.3 Å². The zero-order valence-electron chi connectivity index (χ0n) is 13.9. The minimum absolute atomic E-state index is 0. The lowest BCUT2D eigenvalue weighted by Gasteiger charge is -2.39. The zero-order chi connectivity index (χ0) is 14.7. The Morgan fingerprint density at radius 2 is 1.88 bits per heavy atom. The Bertz CT molecular complexity index is 479. The molecular formula is C16H27Cl3N4O. The van der Waals surface area contributed by atoms with Gasteiger partial charge in [0.2, 0.25) is 5.91 Å². The van der Waals surface area contributed by atoms with Gasteiger partial charge in [0, 0.05) is 44.8 Å². The molecule has 1 unspecified atom stereocenters. The lowest BCUT2D eigenvalue weighted by atomic mass is 9.88. The van der Waals surface area contributed by atoms with E-state index in [4.69, 9.17) is 0 Å². The van der Waals surface area contributed by atoms with E-state index >= 15 is 0 Å². The van der Waals surface area contributed by atoms with E-state index in [-0.39, 0.29) is 43.1 Å². The van der Waals surface area contributed by atoms with Crippen LogP contribution in [0.1, 0.15) is 12.6 Å². The van der Waals surface area contributed by atoms with E-state index in [0.717, 1.165) is 51.5 Å². The highest BCUT2D eigenvalue weighted by Crippen LogP contribution is 2.19. The highest BCUT2D eigenvalue weighted by molar-refractivity contribution is 5.86. The molecule has 138 valence electrons. The quantitative estimate of drug-likeness (QED) is 0.842. The molecule has 2 aliphatic heterocycles. The van der Waals surface area contributed by atoms with Crippen LogP contribution >= 0.6 is 37.2 Å². The second-order valence-electron chi connectivity index (χ2n) is 6.13. The summed E-state index contributed by atoms with van der Waals surface area (Å²) in [6.45, 7) is 8.51. The number of nitrogens with zero attached hydrogens (tertiary/aromatic N) is 3. The number of nitrogens with one attached hydrogen (secondary N) is 1. The van der Waals surface area contributed by atoms with Crippen LogP contribution in [0.4, 0.5) is 0 Å². The molecule has 3 heterocycles. The number of hydrogen-bond donors (Lipinski definition) is 1. The smallest absolute Gasteiger partial charge is 0.225 e. The van der Waals surface area contributed by atoms with Crippen LogP contribution in [-0.4, -0.2) is 60.0 Å². The molecule has 2 aliphatic rings. The number of carbonyl (C=O) groups is 1. The van der Waals surface area contributed by atoms with E-state index in [2.05, 4.69) is 28.2 Å². The predicted octanol–water partition coefficient (Wildman–Crippen LogP) is 1.85. The molecule has 0 spiro atoms. The van der Waals surface area contributed by atoms with Gasteiger partial charge < -0.3 is 10.2 Å². The molecule has 0 aromatic carbocycles. The van der Waals surface area contributed by atoms with Gasteiger partial charge in [-0.05, 0) is 31.1 Å². The molecule has 2 fully saturated rings. The number of aromatic nitrogens is 1. The molecule has 1 aromatic rings. The van der Waals surface area contributed by atoms with Gasteiger partial charge in [0.05, 0.1) is 5.69 Å². The fourth-order valence-electron chi connectivity index (χ4n) is 3.00. The zero-order valence-corrected chi connectivity index (χ0v) is 16.3. The topological polar surface area (TPSA) is 48.5 Å². The first-order valence-corrected chi connectivity index (χ1v) is 7.86. The summed E-state index contributed by atoms with van der Waals surface area (Å²) in [6.07, 6.45) is 1.84. The van der Waals surface area contributed by atoms with Gasteiger partial charge in [-0.1, -0.05) is 13.0 Å². The van der Waals surface area contributed by atoms with Gasteiger partial charge in [0.1, 0.15) is 0 Å². The maximum absolute atomic E-state index is 12.5. The third-order valence-electron chi connectivity index (χ3n) is 4.71. The first-order valence-electron chi connectivity index (χ1n) is 7.86. The standard InChI is InChI=1S/C16H24N4O.3ClH/c1-13(14-10-17-11-14)16(21)20-8-6-19(7-9-20)12-15-4-2-3-5-18-15;;;/h2-5,13-14,17H,6-12H2,1H3;3*1H. The lowest BCUT2D eigenvalue weighted by molar-refractivity contribution is -0.139. The summed E-state index contributed by atoms with van der Waals surface area (Å²) in [6, 6.07) is 6.02. The van der Waals surface area contributed by atoms with Crippen molar-refractivity contribution in [3.63, 3.8) is 0 Å². The largest absolute Gasteiger partial charge is 0.340 e. The summed E-state index contributed by atoms with van der Waals surface area (Å²) in [5.74, 6) is 1.02. The fourth-order valence-corrected chi connectivity index (χ4v) is 3.00. The van der Waals surface area contributed by atoms with Crippen molar-refractivity contribution in [2.75, 3.05) is 39.3 Å². The first kappa shape index (κ1) is 23.4. The average molecular weight is 398 g/mol.